The number of methoxy groups -OCH3 is 1. The minimum absolute atomic E-state index is 0.0912. The summed E-state index contributed by atoms with van der Waals surface area (Å²) in [5.74, 6) is -0.669. The maximum absolute atomic E-state index is 13.7. The molecule has 3 rings (SSSR count). The first kappa shape index (κ1) is 28.1. The number of aromatic amines is 1. The van der Waals surface area contributed by atoms with Crippen LogP contribution in [0.4, 0.5) is 0 Å². The normalized spacial score (nSPS) is 25.8. The quantitative estimate of drug-likeness (QED) is 0.259. The summed E-state index contributed by atoms with van der Waals surface area (Å²) in [6.45, 7) is 3.41. The molecule has 1 aliphatic rings. The molecule has 0 radical (unpaired) electrons. The number of halogens is 1. The molecule has 0 bridgehead atoms. The van der Waals surface area contributed by atoms with Crippen molar-refractivity contribution in [2.24, 2.45) is 0 Å². The van der Waals surface area contributed by atoms with E-state index >= 15 is 0 Å². The number of aromatic nitrogens is 2. The van der Waals surface area contributed by atoms with Crippen LogP contribution in [0.15, 0.2) is 46.1 Å². The van der Waals surface area contributed by atoms with Gasteiger partial charge in [-0.05, 0) is 45.0 Å². The summed E-state index contributed by atoms with van der Waals surface area (Å²) in [4.78, 5) is 37.8. The van der Waals surface area contributed by atoms with Crippen LogP contribution in [-0.2, 0) is 23.4 Å². The van der Waals surface area contributed by atoms with Crippen LogP contribution >= 0.6 is 19.3 Å². The van der Waals surface area contributed by atoms with Crippen molar-refractivity contribution in [3.05, 3.63) is 62.4 Å². The van der Waals surface area contributed by atoms with Crippen molar-refractivity contribution in [1.29, 1.82) is 0 Å². The van der Waals surface area contributed by atoms with Gasteiger partial charge in [-0.25, -0.2) is 9.36 Å². The van der Waals surface area contributed by atoms with Gasteiger partial charge in [-0.15, -0.1) is 0 Å². The molecule has 1 fully saturated rings. The second kappa shape index (κ2) is 10.5. The van der Waals surface area contributed by atoms with Crippen LogP contribution in [0, 0.1) is 0 Å². The van der Waals surface area contributed by atoms with Gasteiger partial charge < -0.3 is 24.2 Å². The number of nitrogens with one attached hydrogen (secondary N) is 2. The fraction of sp³-hybridized carbons (Fsp3) is 0.476. The fourth-order valence-corrected chi connectivity index (χ4v) is 5.33. The van der Waals surface area contributed by atoms with Crippen molar-refractivity contribution in [2.75, 3.05) is 13.7 Å². The highest BCUT2D eigenvalue weighted by Crippen LogP contribution is 2.48. The number of nitrogens with zero attached hydrogens (tertiary/aromatic N) is 1. The van der Waals surface area contributed by atoms with E-state index in [1.54, 1.807) is 0 Å². The third-order valence-electron chi connectivity index (χ3n) is 5.42. The molecule has 5 atom stereocenters. The molecular weight excluding hydrogens is 521 g/mol. The van der Waals surface area contributed by atoms with Crippen molar-refractivity contribution in [3.8, 4) is 5.75 Å². The molecule has 0 amide bonds. The number of hydrogen-bond acceptors (Lipinski definition) is 10. The molecule has 15 heteroatoms. The number of aliphatic hydroxyl groups excluding tert-OH is 1. The first-order valence-corrected chi connectivity index (χ1v) is 12.6. The van der Waals surface area contributed by atoms with Crippen LogP contribution < -0.4 is 20.9 Å². The molecule has 0 aliphatic carbocycles. The predicted octanol–water partition coefficient (Wildman–Crippen LogP) is 0.944. The second-order valence-corrected chi connectivity index (χ2v) is 10.9. The molecule has 4 N–H and O–H groups in total. The number of rotatable bonds is 9. The minimum Gasteiger partial charge on any atom is -0.468 e. The molecule has 1 aromatic carbocycles. The molecule has 1 aromatic heterocycles. The third-order valence-corrected chi connectivity index (χ3v) is 7.44. The SMILES string of the molecule is COC(=O)C(C)(C)NP(=O)(OCC1OC(n2ccc(=O)[nH]c2=O)[C@](C)(O)[C@@H]1O)Oc1ccc(Cl)cc1. The lowest BCUT2D eigenvalue weighted by atomic mass is 9.96. The average molecular weight is 548 g/mol. The van der Waals surface area contributed by atoms with E-state index in [-0.39, 0.29) is 5.75 Å². The highest BCUT2D eigenvalue weighted by molar-refractivity contribution is 7.52. The molecular formula is C21H27ClN3O10P. The van der Waals surface area contributed by atoms with E-state index < -0.39 is 61.1 Å². The van der Waals surface area contributed by atoms with Gasteiger partial charge in [-0.3, -0.25) is 23.7 Å². The van der Waals surface area contributed by atoms with Crippen LogP contribution in [0.2, 0.25) is 5.02 Å². The van der Waals surface area contributed by atoms with E-state index in [4.69, 9.17) is 30.1 Å². The highest BCUT2D eigenvalue weighted by Gasteiger charge is 2.54. The lowest BCUT2D eigenvalue weighted by molar-refractivity contribution is -0.146. The first-order chi connectivity index (χ1) is 16.7. The van der Waals surface area contributed by atoms with Gasteiger partial charge in [-0.2, -0.15) is 5.09 Å². The minimum atomic E-state index is -4.36. The van der Waals surface area contributed by atoms with Gasteiger partial charge in [0.1, 0.15) is 29.1 Å². The van der Waals surface area contributed by atoms with Crippen molar-refractivity contribution in [2.45, 2.75) is 50.3 Å². The van der Waals surface area contributed by atoms with E-state index in [2.05, 4.69) is 5.09 Å². The van der Waals surface area contributed by atoms with Crippen LogP contribution in [0.1, 0.15) is 27.0 Å². The van der Waals surface area contributed by atoms with Gasteiger partial charge in [0.05, 0.1) is 13.7 Å². The zero-order valence-corrected chi connectivity index (χ0v) is 21.5. The van der Waals surface area contributed by atoms with Crippen LogP contribution in [0.3, 0.4) is 0 Å². The zero-order chi connectivity index (χ0) is 26.9. The maximum Gasteiger partial charge on any atom is 0.459 e. The summed E-state index contributed by atoms with van der Waals surface area (Å²) < 4.78 is 36.0. The fourth-order valence-electron chi connectivity index (χ4n) is 3.52. The lowest BCUT2D eigenvalue weighted by Crippen LogP contribution is -2.48. The van der Waals surface area contributed by atoms with Crippen LogP contribution in [-0.4, -0.2) is 62.8 Å². The van der Waals surface area contributed by atoms with Gasteiger partial charge >= 0.3 is 19.4 Å². The van der Waals surface area contributed by atoms with Crippen LogP contribution in [0.5, 0.6) is 5.75 Å². The monoisotopic (exact) mass is 547 g/mol. The van der Waals surface area contributed by atoms with E-state index in [1.165, 1.54) is 45.0 Å². The smallest absolute Gasteiger partial charge is 0.459 e. The summed E-state index contributed by atoms with van der Waals surface area (Å²) in [5.41, 5.74) is -5.06. The number of aliphatic hydroxyl groups is 2. The Kier molecular flexibility index (Phi) is 8.16. The molecule has 1 saturated heterocycles. The Labute approximate surface area is 210 Å². The van der Waals surface area contributed by atoms with Crippen molar-refractivity contribution >= 4 is 25.3 Å². The number of esters is 1. The maximum atomic E-state index is 13.7. The Morgan fingerprint density at radius 3 is 2.53 bits per heavy atom. The number of H-pyrrole nitrogens is 1. The summed E-state index contributed by atoms with van der Waals surface area (Å²) in [5, 5.41) is 24.4. The number of ether oxygens (including phenoxy) is 2. The molecule has 0 saturated carbocycles. The molecule has 198 valence electrons. The highest BCUT2D eigenvalue weighted by atomic mass is 35.5. The molecule has 13 nitrogen and oxygen atoms in total. The number of carbonyl (C=O) groups is 1. The van der Waals surface area contributed by atoms with E-state index in [0.717, 1.165) is 23.9 Å². The van der Waals surface area contributed by atoms with Gasteiger partial charge in [0.25, 0.3) is 5.56 Å². The average Bonchev–Trinajstić information content (AvgIpc) is 3.02. The van der Waals surface area contributed by atoms with Gasteiger partial charge in [-0.1, -0.05) is 11.6 Å². The van der Waals surface area contributed by atoms with Crippen molar-refractivity contribution < 1.29 is 38.1 Å². The standard InChI is InChI=1S/C21H27ClN3O10P/c1-20(2,18(28)32-4)24-36(31,35-13-7-5-12(22)6-8-13)33-11-14-16(27)21(3,30)17(34-14)25-10-9-15(26)23-19(25)29/h5-10,14,16-17,27,30H,11H2,1-4H3,(H,24,31)(H,23,26,29)/t14?,16-,17?,21-,36?/m1/s1. The number of benzene rings is 1. The second-order valence-electron chi connectivity index (χ2n) is 8.78. The van der Waals surface area contributed by atoms with Crippen molar-refractivity contribution in [3.63, 3.8) is 0 Å². The van der Waals surface area contributed by atoms with Crippen molar-refractivity contribution in [1.82, 2.24) is 14.6 Å². The summed E-state index contributed by atoms with van der Waals surface area (Å²) >= 11 is 5.88. The molecule has 36 heavy (non-hydrogen) atoms. The Balaban J connectivity index is 1.85. The summed E-state index contributed by atoms with van der Waals surface area (Å²) in [7, 11) is -3.20. The van der Waals surface area contributed by atoms with E-state index in [9.17, 15) is 29.2 Å². The van der Waals surface area contributed by atoms with Gasteiger partial charge in [0.15, 0.2) is 6.23 Å². The van der Waals surface area contributed by atoms with E-state index in [1.807, 2.05) is 4.98 Å². The van der Waals surface area contributed by atoms with Gasteiger partial charge in [0.2, 0.25) is 0 Å². The number of carbonyl (C=O) groups excluding carboxylic acids is 1. The van der Waals surface area contributed by atoms with Crippen LogP contribution in [0.25, 0.3) is 0 Å². The zero-order valence-electron chi connectivity index (χ0n) is 19.8. The first-order valence-electron chi connectivity index (χ1n) is 10.6. The Hall–Kier alpha value is -2.51. The molecule has 1 aliphatic heterocycles. The molecule has 2 aromatic rings. The predicted molar refractivity (Wildman–Crippen MR) is 127 cm³/mol. The lowest BCUT2D eigenvalue weighted by Gasteiger charge is -2.29. The van der Waals surface area contributed by atoms with Gasteiger partial charge in [0, 0.05) is 17.3 Å². The third kappa shape index (κ3) is 6.06. The Morgan fingerprint density at radius 2 is 1.94 bits per heavy atom. The molecule has 0 spiro atoms. The van der Waals surface area contributed by atoms with E-state index in [0.29, 0.717) is 5.02 Å². The topological polar surface area (TPSA) is 178 Å². The Morgan fingerprint density at radius 1 is 1.31 bits per heavy atom. The molecule has 2 heterocycles. The Bertz CT molecular complexity index is 1260. The molecule has 3 unspecified atom stereocenters. The summed E-state index contributed by atoms with van der Waals surface area (Å²) in [6.07, 6.45) is -3.22. The largest absolute Gasteiger partial charge is 0.468 e. The number of hydrogen-bond donors (Lipinski definition) is 4. The summed E-state index contributed by atoms with van der Waals surface area (Å²) in [6, 6.07) is 6.87.